The number of hydrogen-bond donors (Lipinski definition) is 1. The Hall–Kier alpha value is -2.64. The smallest absolute Gasteiger partial charge is 0.410 e. The third-order valence-electron chi connectivity index (χ3n) is 6.56. The lowest BCUT2D eigenvalue weighted by Crippen LogP contribution is -2.54. The molecule has 0 bridgehead atoms. The minimum Gasteiger partial charge on any atom is -0.490 e. The highest BCUT2D eigenvalue weighted by molar-refractivity contribution is 6.37. The molecule has 37 heavy (non-hydrogen) atoms. The van der Waals surface area contributed by atoms with Crippen LogP contribution in [0.3, 0.4) is 0 Å². The van der Waals surface area contributed by atoms with Crippen molar-refractivity contribution in [2.75, 3.05) is 26.3 Å². The summed E-state index contributed by atoms with van der Waals surface area (Å²) in [6.45, 7) is 10.2. The van der Waals surface area contributed by atoms with Crippen LogP contribution in [0.5, 0.6) is 11.5 Å². The third-order valence-corrected chi connectivity index (χ3v) is 7.12. The van der Waals surface area contributed by atoms with E-state index in [0.29, 0.717) is 40.9 Å². The zero-order valence-electron chi connectivity index (χ0n) is 22.0. The van der Waals surface area contributed by atoms with Crippen molar-refractivity contribution in [2.24, 2.45) is 5.41 Å². The molecule has 7 nitrogen and oxygen atoms in total. The summed E-state index contributed by atoms with van der Waals surface area (Å²) in [5.74, 6) is -0.108. The molecule has 2 aromatic rings. The molecule has 202 valence electrons. The van der Waals surface area contributed by atoms with Crippen molar-refractivity contribution in [1.82, 2.24) is 4.90 Å². The van der Waals surface area contributed by atoms with E-state index in [4.69, 9.17) is 37.4 Å². The molecule has 3 rings (SSSR count). The highest BCUT2D eigenvalue weighted by Crippen LogP contribution is 2.46. The van der Waals surface area contributed by atoms with Crippen LogP contribution in [0.4, 0.5) is 4.79 Å². The second-order valence-corrected chi connectivity index (χ2v) is 11.2. The Morgan fingerprint density at radius 2 is 1.68 bits per heavy atom. The van der Waals surface area contributed by atoms with E-state index in [0.717, 1.165) is 11.1 Å². The number of ether oxygens (including phenoxy) is 3. The van der Waals surface area contributed by atoms with Gasteiger partial charge in [-0.05, 0) is 75.9 Å². The summed E-state index contributed by atoms with van der Waals surface area (Å²) in [7, 11) is 0. The number of benzene rings is 2. The van der Waals surface area contributed by atoms with E-state index in [2.05, 4.69) is 0 Å². The molecule has 2 atom stereocenters. The monoisotopic (exact) mass is 551 g/mol. The zero-order chi connectivity index (χ0) is 27.4. The minimum atomic E-state index is -1.11. The Morgan fingerprint density at radius 1 is 1.08 bits per heavy atom. The summed E-state index contributed by atoms with van der Waals surface area (Å²) in [4.78, 5) is 26.7. The molecule has 1 aliphatic rings. The lowest BCUT2D eigenvalue weighted by atomic mass is 9.66. The number of aryl methyl sites for hydroxylation is 1. The molecule has 2 aromatic carbocycles. The number of carbonyl (C=O) groups is 2. The fourth-order valence-electron chi connectivity index (χ4n) is 4.71. The van der Waals surface area contributed by atoms with Crippen molar-refractivity contribution in [3.63, 3.8) is 0 Å². The first-order valence-corrected chi connectivity index (χ1v) is 13.1. The van der Waals surface area contributed by atoms with Gasteiger partial charge in [0.2, 0.25) is 0 Å². The fourth-order valence-corrected chi connectivity index (χ4v) is 5.41. The molecule has 1 N–H and O–H groups in total. The Morgan fingerprint density at radius 3 is 2.22 bits per heavy atom. The Labute approximate surface area is 228 Å². The molecule has 1 fully saturated rings. The number of nitrogens with zero attached hydrogens (tertiary/aromatic N) is 1. The molecular formula is C28H35Cl2NO6. The van der Waals surface area contributed by atoms with Crippen LogP contribution in [0.1, 0.15) is 57.6 Å². The number of piperidine rings is 1. The molecule has 1 heterocycles. The van der Waals surface area contributed by atoms with Crippen molar-refractivity contribution < 1.29 is 28.9 Å². The second-order valence-electron chi connectivity index (χ2n) is 10.4. The number of hydrogen-bond acceptors (Lipinski definition) is 5. The predicted octanol–water partition coefficient (Wildman–Crippen LogP) is 6.97. The van der Waals surface area contributed by atoms with Gasteiger partial charge < -0.3 is 24.2 Å². The summed E-state index contributed by atoms with van der Waals surface area (Å²) < 4.78 is 17.0. The van der Waals surface area contributed by atoms with Gasteiger partial charge in [-0.15, -0.1) is 0 Å². The van der Waals surface area contributed by atoms with E-state index in [1.54, 1.807) is 32.9 Å². The van der Waals surface area contributed by atoms with Gasteiger partial charge in [0.15, 0.2) is 5.75 Å². The van der Waals surface area contributed by atoms with Crippen LogP contribution in [0.2, 0.25) is 10.0 Å². The number of aliphatic carboxylic acids is 1. The summed E-state index contributed by atoms with van der Waals surface area (Å²) in [5.41, 5.74) is 0.0860. The number of halogens is 2. The summed E-state index contributed by atoms with van der Waals surface area (Å²) >= 11 is 12.4. The van der Waals surface area contributed by atoms with Crippen molar-refractivity contribution >= 4 is 35.3 Å². The van der Waals surface area contributed by atoms with E-state index >= 15 is 0 Å². The summed E-state index contributed by atoms with van der Waals surface area (Å²) in [6, 6.07) is 11.0. The molecule has 0 aromatic heterocycles. The number of rotatable bonds is 8. The van der Waals surface area contributed by atoms with Crippen LogP contribution >= 0.6 is 23.2 Å². The second kappa shape index (κ2) is 11.8. The molecule has 9 heteroatoms. The molecule has 0 aliphatic carbocycles. The maximum Gasteiger partial charge on any atom is 0.410 e. The normalized spacial score (nSPS) is 19.9. The fraction of sp³-hybridized carbons (Fsp3) is 0.500. The molecule has 1 amide bonds. The lowest BCUT2D eigenvalue weighted by Gasteiger charge is -2.45. The van der Waals surface area contributed by atoms with Crippen molar-refractivity contribution in [1.29, 1.82) is 0 Å². The van der Waals surface area contributed by atoms with Crippen LogP contribution in [-0.2, 0) is 9.53 Å². The van der Waals surface area contributed by atoms with Gasteiger partial charge in [-0.2, -0.15) is 0 Å². The maximum atomic E-state index is 12.7. The van der Waals surface area contributed by atoms with E-state index in [-0.39, 0.29) is 25.7 Å². The highest BCUT2D eigenvalue weighted by Gasteiger charge is 2.50. The topological polar surface area (TPSA) is 85.3 Å². The Bertz CT molecular complexity index is 1090. The van der Waals surface area contributed by atoms with Gasteiger partial charge in [-0.3, -0.25) is 4.79 Å². The van der Waals surface area contributed by atoms with Crippen LogP contribution < -0.4 is 9.47 Å². The first-order valence-electron chi connectivity index (χ1n) is 12.4. The molecule has 1 saturated heterocycles. The van der Waals surface area contributed by atoms with Gasteiger partial charge in [0, 0.05) is 19.0 Å². The molecular weight excluding hydrogens is 517 g/mol. The van der Waals surface area contributed by atoms with Crippen molar-refractivity contribution in [3.8, 4) is 11.5 Å². The Kier molecular flexibility index (Phi) is 9.24. The summed E-state index contributed by atoms with van der Waals surface area (Å²) in [6.07, 6.45) is 0.418. The first-order chi connectivity index (χ1) is 17.4. The number of amides is 1. The van der Waals surface area contributed by atoms with Gasteiger partial charge in [0.25, 0.3) is 0 Å². The predicted molar refractivity (Wildman–Crippen MR) is 144 cm³/mol. The highest BCUT2D eigenvalue weighted by atomic mass is 35.5. The molecule has 0 radical (unpaired) electrons. The molecule has 0 saturated carbocycles. The molecule has 1 aliphatic heterocycles. The number of likely N-dealkylation sites (tertiary alicyclic amines) is 1. The van der Waals surface area contributed by atoms with Gasteiger partial charge in [-0.1, -0.05) is 42.3 Å². The van der Waals surface area contributed by atoms with Gasteiger partial charge in [0.1, 0.15) is 24.6 Å². The van der Waals surface area contributed by atoms with E-state index in [9.17, 15) is 14.7 Å². The van der Waals surface area contributed by atoms with Crippen molar-refractivity contribution in [3.05, 3.63) is 57.6 Å². The van der Waals surface area contributed by atoms with Crippen LogP contribution in [-0.4, -0.2) is 54.0 Å². The number of carbonyl (C=O) groups excluding carboxylic acids is 1. The van der Waals surface area contributed by atoms with E-state index < -0.39 is 23.1 Å². The summed E-state index contributed by atoms with van der Waals surface area (Å²) in [5, 5.41) is 11.2. The lowest BCUT2D eigenvalue weighted by molar-refractivity contribution is -0.154. The standard InChI is InChI=1S/C28H35Cl2NO6/c1-6-28(25(32)33)17-31(26(34)37-27(3,4)5)12-11-21(28)19-7-9-20(10-8-19)35-13-14-36-24-22(29)15-18(2)16-23(24)30/h7-10,15-16,21H,6,11-14,17H2,1-5H3,(H,32,33)/t21-,28+/m1/s1. The molecule has 0 unspecified atom stereocenters. The number of carboxylic acids is 1. The van der Waals surface area contributed by atoms with E-state index in [1.165, 1.54) is 4.90 Å². The largest absolute Gasteiger partial charge is 0.490 e. The van der Waals surface area contributed by atoms with Crippen LogP contribution in [0, 0.1) is 12.3 Å². The van der Waals surface area contributed by atoms with E-state index in [1.807, 2.05) is 38.1 Å². The quantitative estimate of drug-likeness (QED) is 0.356. The van der Waals surface area contributed by atoms with Gasteiger partial charge in [0.05, 0.1) is 15.5 Å². The SMILES string of the molecule is CC[C@]1(C(=O)O)CN(C(=O)OC(C)(C)C)CC[C@@H]1c1ccc(OCCOc2c(Cl)cc(C)cc2Cl)cc1. The van der Waals surface area contributed by atoms with Crippen LogP contribution in [0.15, 0.2) is 36.4 Å². The Balaban J connectivity index is 1.65. The van der Waals surface area contributed by atoms with Gasteiger partial charge in [-0.25, -0.2) is 4.79 Å². The minimum absolute atomic E-state index is 0.0954. The zero-order valence-corrected chi connectivity index (χ0v) is 23.5. The van der Waals surface area contributed by atoms with Crippen molar-refractivity contribution in [2.45, 2.75) is 59.0 Å². The van der Waals surface area contributed by atoms with Gasteiger partial charge >= 0.3 is 12.1 Å². The average Bonchev–Trinajstić information content (AvgIpc) is 2.81. The van der Waals surface area contributed by atoms with Crippen LogP contribution in [0.25, 0.3) is 0 Å². The average molecular weight is 552 g/mol. The number of carboxylic acid groups (broad SMARTS) is 1. The maximum absolute atomic E-state index is 12.7. The third kappa shape index (κ3) is 7.02. The molecule has 0 spiro atoms. The first kappa shape index (κ1) is 28.9.